The van der Waals surface area contributed by atoms with Gasteiger partial charge in [0.25, 0.3) is 0 Å². The standard InChI is InChI=1S/C18H30N2O2S/c1-13(15-9-10-23-12-15)20-16(14-7-5-6-8-14)11-19-17(21)22-18(2,3)4/h9-10,12-14,16,20H,5-8,11H2,1-4H3,(H,19,21). The van der Waals surface area contributed by atoms with E-state index in [1.54, 1.807) is 11.3 Å². The van der Waals surface area contributed by atoms with Crippen molar-refractivity contribution in [2.45, 2.75) is 71.1 Å². The van der Waals surface area contributed by atoms with Crippen LogP contribution in [-0.4, -0.2) is 24.3 Å². The number of amides is 1. The lowest BCUT2D eigenvalue weighted by Gasteiger charge is -2.29. The molecule has 1 heterocycles. The number of carbonyl (C=O) groups is 1. The summed E-state index contributed by atoms with van der Waals surface area (Å²) in [5, 5.41) is 11.0. The topological polar surface area (TPSA) is 50.4 Å². The molecule has 1 aliphatic carbocycles. The maximum absolute atomic E-state index is 11.9. The Hall–Kier alpha value is -1.07. The van der Waals surface area contributed by atoms with Gasteiger partial charge in [0.15, 0.2) is 0 Å². The van der Waals surface area contributed by atoms with Gasteiger partial charge in [0, 0.05) is 18.6 Å². The lowest BCUT2D eigenvalue weighted by atomic mass is 9.96. The molecule has 0 bridgehead atoms. The van der Waals surface area contributed by atoms with Gasteiger partial charge in [0.1, 0.15) is 5.60 Å². The summed E-state index contributed by atoms with van der Waals surface area (Å²) in [5.74, 6) is 0.631. The Balaban J connectivity index is 1.90. The highest BCUT2D eigenvalue weighted by Crippen LogP contribution is 2.29. The number of hydrogen-bond acceptors (Lipinski definition) is 4. The predicted molar refractivity (Wildman–Crippen MR) is 95.9 cm³/mol. The van der Waals surface area contributed by atoms with E-state index in [1.807, 2.05) is 20.8 Å². The largest absolute Gasteiger partial charge is 0.444 e. The summed E-state index contributed by atoms with van der Waals surface area (Å²) in [4.78, 5) is 11.9. The quantitative estimate of drug-likeness (QED) is 0.804. The van der Waals surface area contributed by atoms with Crippen molar-refractivity contribution >= 4 is 17.4 Å². The number of rotatable bonds is 6. The van der Waals surface area contributed by atoms with E-state index in [1.165, 1.54) is 31.2 Å². The number of carbonyl (C=O) groups excluding carboxylic acids is 1. The smallest absolute Gasteiger partial charge is 0.407 e. The first-order valence-electron chi connectivity index (χ1n) is 8.60. The van der Waals surface area contributed by atoms with Gasteiger partial charge in [0.05, 0.1) is 0 Å². The van der Waals surface area contributed by atoms with Crippen LogP contribution in [0, 0.1) is 5.92 Å². The third-order valence-corrected chi connectivity index (χ3v) is 5.04. The van der Waals surface area contributed by atoms with Crippen molar-refractivity contribution in [2.24, 2.45) is 5.92 Å². The molecule has 1 aromatic heterocycles. The van der Waals surface area contributed by atoms with E-state index in [9.17, 15) is 4.79 Å². The van der Waals surface area contributed by atoms with Crippen molar-refractivity contribution in [3.63, 3.8) is 0 Å². The average molecular weight is 339 g/mol. The molecule has 0 spiro atoms. The molecular weight excluding hydrogens is 308 g/mol. The van der Waals surface area contributed by atoms with Gasteiger partial charge in [-0.15, -0.1) is 0 Å². The van der Waals surface area contributed by atoms with Crippen LogP contribution in [0.5, 0.6) is 0 Å². The van der Waals surface area contributed by atoms with Crippen molar-refractivity contribution in [1.82, 2.24) is 10.6 Å². The van der Waals surface area contributed by atoms with Crippen LogP contribution in [0.4, 0.5) is 4.79 Å². The Morgan fingerprint density at radius 2 is 2.09 bits per heavy atom. The van der Waals surface area contributed by atoms with Gasteiger partial charge in [-0.2, -0.15) is 11.3 Å². The monoisotopic (exact) mass is 338 g/mol. The normalized spacial score (nSPS) is 18.6. The first kappa shape index (κ1) is 18.3. The first-order chi connectivity index (χ1) is 10.8. The number of thiophene rings is 1. The van der Waals surface area contributed by atoms with Crippen LogP contribution in [0.1, 0.15) is 65.0 Å². The van der Waals surface area contributed by atoms with Crippen molar-refractivity contribution in [1.29, 1.82) is 0 Å². The highest BCUT2D eigenvalue weighted by molar-refractivity contribution is 7.07. The van der Waals surface area contributed by atoms with E-state index in [2.05, 4.69) is 34.4 Å². The van der Waals surface area contributed by atoms with E-state index in [0.717, 1.165) is 0 Å². The fourth-order valence-corrected chi connectivity index (χ4v) is 3.92. The molecule has 1 aromatic rings. The van der Waals surface area contributed by atoms with Crippen LogP contribution in [0.25, 0.3) is 0 Å². The zero-order chi connectivity index (χ0) is 16.9. The van der Waals surface area contributed by atoms with Gasteiger partial charge in [-0.25, -0.2) is 4.79 Å². The number of ether oxygens (including phenoxy) is 1. The predicted octanol–water partition coefficient (Wildman–Crippen LogP) is 4.48. The Morgan fingerprint density at radius 3 is 2.65 bits per heavy atom. The fraction of sp³-hybridized carbons (Fsp3) is 0.722. The summed E-state index contributed by atoms with van der Waals surface area (Å²) in [7, 11) is 0. The van der Waals surface area contributed by atoms with Gasteiger partial charge in [0.2, 0.25) is 0 Å². The molecule has 2 N–H and O–H groups in total. The van der Waals surface area contributed by atoms with Gasteiger partial charge in [-0.05, 0) is 68.8 Å². The summed E-state index contributed by atoms with van der Waals surface area (Å²) in [6, 6.07) is 2.75. The minimum atomic E-state index is -0.454. The van der Waals surface area contributed by atoms with E-state index in [0.29, 0.717) is 24.5 Å². The average Bonchev–Trinajstić information content (AvgIpc) is 3.13. The second kappa shape index (κ2) is 8.15. The zero-order valence-corrected chi connectivity index (χ0v) is 15.5. The molecule has 130 valence electrons. The molecule has 1 aliphatic rings. The zero-order valence-electron chi connectivity index (χ0n) is 14.7. The van der Waals surface area contributed by atoms with Crippen LogP contribution in [-0.2, 0) is 4.74 Å². The molecule has 2 atom stereocenters. The minimum Gasteiger partial charge on any atom is -0.444 e. The van der Waals surface area contributed by atoms with Crippen LogP contribution in [0.15, 0.2) is 16.8 Å². The number of alkyl carbamates (subject to hydrolysis) is 1. The maximum atomic E-state index is 11.9. The molecule has 0 aliphatic heterocycles. The third kappa shape index (κ3) is 6.15. The van der Waals surface area contributed by atoms with E-state index < -0.39 is 5.60 Å². The molecule has 0 aromatic carbocycles. The molecule has 4 nitrogen and oxygen atoms in total. The second-order valence-corrected chi connectivity index (χ2v) is 8.26. The van der Waals surface area contributed by atoms with Crippen LogP contribution in [0.2, 0.25) is 0 Å². The van der Waals surface area contributed by atoms with Gasteiger partial charge >= 0.3 is 6.09 Å². The van der Waals surface area contributed by atoms with Crippen molar-refractivity contribution in [2.75, 3.05) is 6.54 Å². The van der Waals surface area contributed by atoms with Crippen molar-refractivity contribution in [3.05, 3.63) is 22.4 Å². The molecule has 5 heteroatoms. The van der Waals surface area contributed by atoms with Crippen molar-refractivity contribution < 1.29 is 9.53 Å². The van der Waals surface area contributed by atoms with Gasteiger partial charge in [-0.3, -0.25) is 0 Å². The Labute approximate surface area is 144 Å². The third-order valence-electron chi connectivity index (χ3n) is 4.34. The molecule has 1 amide bonds. The van der Waals surface area contributed by atoms with E-state index >= 15 is 0 Å². The summed E-state index contributed by atoms with van der Waals surface area (Å²) < 4.78 is 5.35. The summed E-state index contributed by atoms with van der Waals surface area (Å²) in [6.07, 6.45) is 4.74. The number of hydrogen-bond donors (Lipinski definition) is 2. The van der Waals surface area contributed by atoms with Gasteiger partial charge in [-0.1, -0.05) is 12.8 Å². The fourth-order valence-electron chi connectivity index (χ4n) is 3.17. The second-order valence-electron chi connectivity index (χ2n) is 7.48. The number of nitrogens with one attached hydrogen (secondary N) is 2. The van der Waals surface area contributed by atoms with E-state index in [-0.39, 0.29) is 6.09 Å². The Bertz CT molecular complexity index is 476. The van der Waals surface area contributed by atoms with Crippen molar-refractivity contribution in [3.8, 4) is 0 Å². The SMILES string of the molecule is CC(NC(CNC(=O)OC(C)(C)C)C1CCCC1)c1ccsc1. The highest BCUT2D eigenvalue weighted by atomic mass is 32.1. The molecule has 0 saturated heterocycles. The summed E-state index contributed by atoms with van der Waals surface area (Å²) >= 11 is 1.72. The lowest BCUT2D eigenvalue weighted by Crippen LogP contribution is -2.46. The molecule has 2 rings (SSSR count). The lowest BCUT2D eigenvalue weighted by molar-refractivity contribution is 0.0517. The molecule has 1 fully saturated rings. The molecular formula is C18H30N2O2S. The highest BCUT2D eigenvalue weighted by Gasteiger charge is 2.27. The Morgan fingerprint density at radius 1 is 1.39 bits per heavy atom. The van der Waals surface area contributed by atoms with E-state index in [4.69, 9.17) is 4.74 Å². The maximum Gasteiger partial charge on any atom is 0.407 e. The summed E-state index contributed by atoms with van der Waals surface area (Å²) in [5.41, 5.74) is 0.861. The molecule has 0 radical (unpaired) electrons. The van der Waals surface area contributed by atoms with Crippen LogP contribution in [0.3, 0.4) is 0 Å². The molecule has 23 heavy (non-hydrogen) atoms. The molecule has 1 saturated carbocycles. The Kier molecular flexibility index (Phi) is 6.48. The van der Waals surface area contributed by atoms with Crippen LogP contribution >= 0.6 is 11.3 Å². The minimum absolute atomic E-state index is 0.292. The molecule has 2 unspecified atom stereocenters. The van der Waals surface area contributed by atoms with Gasteiger partial charge < -0.3 is 15.4 Å². The first-order valence-corrected chi connectivity index (χ1v) is 9.54. The summed E-state index contributed by atoms with van der Waals surface area (Å²) in [6.45, 7) is 8.47. The van der Waals surface area contributed by atoms with Crippen LogP contribution < -0.4 is 10.6 Å².